The Balaban J connectivity index is 1.87. The molecule has 5 aliphatic rings. The van der Waals surface area contributed by atoms with Crippen LogP contribution < -0.4 is 0 Å². The number of rotatable bonds is 4. The van der Waals surface area contributed by atoms with E-state index in [1.165, 1.54) is 0 Å². The standard InChI is InChI=1S/C30H36O4/c1-18(2)12-13-28-17-20-16-21-26(3,4)14-15-29(21,23(28)32)25(34)30(24(28)33,27(20,5)6)22(31)19-10-8-7-9-11-19/h7-12,20-21H,13-17H2,1-6H3/t20-,21+,28+,29-,30+/m1/s1. The summed E-state index contributed by atoms with van der Waals surface area (Å²) in [7, 11) is 0. The van der Waals surface area contributed by atoms with Crippen molar-refractivity contribution in [3.05, 3.63) is 47.5 Å². The second-order valence-corrected chi connectivity index (χ2v) is 12.9. The third-order valence-corrected chi connectivity index (χ3v) is 10.4. The second-order valence-electron chi connectivity index (χ2n) is 12.9. The third-order valence-electron chi connectivity index (χ3n) is 10.4. The summed E-state index contributed by atoms with van der Waals surface area (Å²) in [4.78, 5) is 58.6. The molecule has 4 nitrogen and oxygen atoms in total. The van der Waals surface area contributed by atoms with Gasteiger partial charge in [-0.15, -0.1) is 0 Å². The van der Waals surface area contributed by atoms with Crippen molar-refractivity contribution < 1.29 is 19.2 Å². The molecule has 1 spiro atoms. The maximum atomic E-state index is 14.9. The molecule has 0 saturated heterocycles. The minimum Gasteiger partial charge on any atom is -0.297 e. The average Bonchev–Trinajstić information content (AvgIpc) is 2.96. The third kappa shape index (κ3) is 2.40. The van der Waals surface area contributed by atoms with E-state index in [0.29, 0.717) is 24.8 Å². The van der Waals surface area contributed by atoms with Gasteiger partial charge in [0.05, 0.1) is 10.8 Å². The van der Waals surface area contributed by atoms with Gasteiger partial charge in [-0.3, -0.25) is 19.2 Å². The Bertz CT molecular complexity index is 1150. The number of ketones is 4. The highest BCUT2D eigenvalue weighted by molar-refractivity contribution is 6.42. The van der Waals surface area contributed by atoms with E-state index >= 15 is 0 Å². The smallest absolute Gasteiger partial charge is 0.184 e. The van der Waals surface area contributed by atoms with Gasteiger partial charge < -0.3 is 0 Å². The summed E-state index contributed by atoms with van der Waals surface area (Å²) in [5, 5.41) is 0. The molecule has 0 N–H and O–H groups in total. The molecule has 0 aliphatic heterocycles. The van der Waals surface area contributed by atoms with Crippen molar-refractivity contribution in [3.63, 3.8) is 0 Å². The number of hydrogen-bond donors (Lipinski definition) is 0. The van der Waals surface area contributed by atoms with Crippen LogP contribution in [0.1, 0.15) is 84.0 Å². The first kappa shape index (κ1) is 23.4. The van der Waals surface area contributed by atoms with Gasteiger partial charge in [0.1, 0.15) is 0 Å². The zero-order valence-corrected chi connectivity index (χ0v) is 21.3. The van der Waals surface area contributed by atoms with Gasteiger partial charge in [-0.1, -0.05) is 69.7 Å². The average molecular weight is 461 g/mol. The van der Waals surface area contributed by atoms with E-state index in [4.69, 9.17) is 0 Å². The fourth-order valence-electron chi connectivity index (χ4n) is 8.40. The van der Waals surface area contributed by atoms with E-state index in [2.05, 4.69) is 13.8 Å². The molecule has 1 aromatic rings. The Morgan fingerprint density at radius 2 is 1.59 bits per heavy atom. The molecule has 0 aromatic heterocycles. The van der Waals surface area contributed by atoms with Crippen LogP contribution in [0.15, 0.2) is 42.0 Å². The van der Waals surface area contributed by atoms with Crippen molar-refractivity contribution in [2.24, 2.45) is 38.9 Å². The minimum absolute atomic E-state index is 0.0666. The van der Waals surface area contributed by atoms with Crippen LogP contribution in [-0.4, -0.2) is 23.1 Å². The lowest BCUT2D eigenvalue weighted by atomic mass is 9.37. The first-order valence-corrected chi connectivity index (χ1v) is 12.7. The van der Waals surface area contributed by atoms with Crippen LogP contribution in [0.25, 0.3) is 0 Å². The monoisotopic (exact) mass is 460 g/mol. The molecule has 4 bridgehead atoms. The number of carbonyl (C=O) groups is 4. The second kappa shape index (κ2) is 6.86. The van der Waals surface area contributed by atoms with Crippen LogP contribution in [0.4, 0.5) is 0 Å². The lowest BCUT2D eigenvalue weighted by Crippen LogP contribution is -2.75. The number of hydrogen-bond acceptors (Lipinski definition) is 4. The van der Waals surface area contributed by atoms with Crippen LogP contribution in [0.3, 0.4) is 0 Å². The SMILES string of the molecule is CC(C)=CC[C@]12C[C@H]3C[C@H]4C(C)(C)CC[C@@]4(C1=O)C(=O)[C@](C(=O)c1ccccc1)(C2=O)C3(C)C. The molecule has 0 unspecified atom stereocenters. The van der Waals surface area contributed by atoms with E-state index in [0.717, 1.165) is 12.0 Å². The summed E-state index contributed by atoms with van der Waals surface area (Å²) in [5.41, 5.74) is -4.02. The molecule has 5 saturated carbocycles. The predicted molar refractivity (Wildman–Crippen MR) is 130 cm³/mol. The van der Waals surface area contributed by atoms with Gasteiger partial charge in [-0.25, -0.2) is 0 Å². The Labute approximate surface area is 202 Å². The predicted octanol–water partition coefficient (Wildman–Crippen LogP) is 5.79. The molecule has 180 valence electrons. The highest BCUT2D eigenvalue weighted by Gasteiger charge is 2.85. The number of allylic oxidation sites excluding steroid dienone is 2. The molecule has 5 aliphatic carbocycles. The molecule has 34 heavy (non-hydrogen) atoms. The molecule has 5 fully saturated rings. The zero-order valence-electron chi connectivity index (χ0n) is 21.3. The van der Waals surface area contributed by atoms with Crippen molar-refractivity contribution in [2.45, 2.75) is 73.6 Å². The number of benzene rings is 1. The molecule has 0 radical (unpaired) electrons. The van der Waals surface area contributed by atoms with Gasteiger partial charge in [0.25, 0.3) is 0 Å². The lowest BCUT2D eigenvalue weighted by molar-refractivity contribution is -0.181. The zero-order chi connectivity index (χ0) is 24.9. The number of carbonyl (C=O) groups excluding carboxylic acids is 4. The molecule has 1 aromatic carbocycles. The van der Waals surface area contributed by atoms with E-state index in [1.54, 1.807) is 24.3 Å². The normalized spacial score (nSPS) is 39.1. The first-order valence-electron chi connectivity index (χ1n) is 12.7. The molecule has 4 heteroatoms. The van der Waals surface area contributed by atoms with E-state index in [9.17, 15) is 19.2 Å². The van der Waals surface area contributed by atoms with Crippen molar-refractivity contribution in [1.82, 2.24) is 0 Å². The van der Waals surface area contributed by atoms with Crippen molar-refractivity contribution in [1.29, 1.82) is 0 Å². The van der Waals surface area contributed by atoms with Gasteiger partial charge in [0.2, 0.25) is 0 Å². The maximum absolute atomic E-state index is 14.9. The van der Waals surface area contributed by atoms with Crippen LogP contribution in [0.2, 0.25) is 0 Å². The summed E-state index contributed by atoms with van der Waals surface area (Å²) in [6.07, 6.45) is 4.60. The van der Waals surface area contributed by atoms with Crippen molar-refractivity contribution in [2.75, 3.05) is 0 Å². The Morgan fingerprint density at radius 3 is 2.21 bits per heavy atom. The molecule has 0 amide bonds. The van der Waals surface area contributed by atoms with Crippen LogP contribution in [0.5, 0.6) is 0 Å². The van der Waals surface area contributed by atoms with E-state index < -0.39 is 33.2 Å². The Hall–Kier alpha value is -2.36. The fourth-order valence-corrected chi connectivity index (χ4v) is 8.40. The Morgan fingerprint density at radius 1 is 0.941 bits per heavy atom. The Kier molecular flexibility index (Phi) is 4.72. The molecule has 6 rings (SSSR count). The first-order chi connectivity index (χ1) is 15.8. The van der Waals surface area contributed by atoms with Gasteiger partial charge in [0, 0.05) is 5.56 Å². The van der Waals surface area contributed by atoms with Crippen LogP contribution >= 0.6 is 0 Å². The van der Waals surface area contributed by atoms with Gasteiger partial charge in [-0.05, 0) is 68.6 Å². The van der Waals surface area contributed by atoms with Gasteiger partial charge in [0.15, 0.2) is 28.5 Å². The lowest BCUT2D eigenvalue weighted by Gasteiger charge is -2.60. The van der Waals surface area contributed by atoms with Crippen molar-refractivity contribution in [3.8, 4) is 0 Å². The highest BCUT2D eigenvalue weighted by atomic mass is 16.2. The summed E-state index contributed by atoms with van der Waals surface area (Å²) in [5.74, 6) is -1.62. The van der Waals surface area contributed by atoms with E-state index in [1.807, 2.05) is 39.8 Å². The largest absolute Gasteiger partial charge is 0.297 e. The quantitative estimate of drug-likeness (QED) is 0.324. The van der Waals surface area contributed by atoms with Gasteiger partial charge >= 0.3 is 0 Å². The minimum atomic E-state index is -1.82. The summed E-state index contributed by atoms with van der Waals surface area (Å²) in [6, 6.07) is 8.77. The molecular formula is C30H36O4. The van der Waals surface area contributed by atoms with Crippen LogP contribution in [-0.2, 0) is 14.4 Å². The topological polar surface area (TPSA) is 68.3 Å². The highest BCUT2D eigenvalue weighted by Crippen LogP contribution is 2.75. The molecule has 5 atom stereocenters. The van der Waals surface area contributed by atoms with Crippen molar-refractivity contribution >= 4 is 23.1 Å². The summed E-state index contributed by atoms with van der Waals surface area (Å²) >= 11 is 0. The molecule has 0 heterocycles. The summed E-state index contributed by atoms with van der Waals surface area (Å²) < 4.78 is 0. The molecular weight excluding hydrogens is 424 g/mol. The van der Waals surface area contributed by atoms with Gasteiger partial charge in [-0.2, -0.15) is 0 Å². The summed E-state index contributed by atoms with van der Waals surface area (Å²) in [6.45, 7) is 12.1. The fraction of sp³-hybridized carbons (Fsp3) is 0.600. The van der Waals surface area contributed by atoms with E-state index in [-0.39, 0.29) is 35.2 Å². The number of Topliss-reactive ketones (excluding diaryl/α,β-unsaturated/α-hetero) is 4. The van der Waals surface area contributed by atoms with Crippen LogP contribution in [0, 0.1) is 38.9 Å². The maximum Gasteiger partial charge on any atom is 0.184 e.